The van der Waals surface area contributed by atoms with Gasteiger partial charge in [-0.05, 0) is 6.92 Å². The third-order valence-electron chi connectivity index (χ3n) is 1.77. The van der Waals surface area contributed by atoms with Gasteiger partial charge in [0.05, 0.1) is 25.8 Å². The number of aliphatic carboxylic acids is 3. The Balaban J connectivity index is 4.30. The molecule has 0 amide bonds. The van der Waals surface area contributed by atoms with E-state index < -0.39 is 37.2 Å². The zero-order valence-corrected chi connectivity index (χ0v) is 8.71. The second-order valence-corrected chi connectivity index (χ2v) is 3.14. The van der Waals surface area contributed by atoms with Crippen molar-refractivity contribution in [1.29, 1.82) is 0 Å². The van der Waals surface area contributed by atoms with Crippen LogP contribution >= 0.6 is 0 Å². The first-order valence-electron chi connectivity index (χ1n) is 4.45. The molecule has 0 aliphatic heterocycles. The highest BCUT2D eigenvalue weighted by atomic mass is 16.4. The zero-order chi connectivity index (χ0) is 12.7. The Hall–Kier alpha value is -1.67. The molecule has 1 atom stereocenters. The zero-order valence-electron chi connectivity index (χ0n) is 8.71. The van der Waals surface area contributed by atoms with Crippen LogP contribution in [-0.4, -0.2) is 63.9 Å². The second-order valence-electron chi connectivity index (χ2n) is 3.14. The Morgan fingerprint density at radius 3 is 1.81 bits per heavy atom. The van der Waals surface area contributed by atoms with Gasteiger partial charge in [0.25, 0.3) is 0 Å². The van der Waals surface area contributed by atoms with Crippen molar-refractivity contribution in [2.45, 2.75) is 13.1 Å². The summed E-state index contributed by atoms with van der Waals surface area (Å²) in [7, 11) is 0. The van der Waals surface area contributed by atoms with E-state index in [1.54, 1.807) is 0 Å². The third kappa shape index (κ3) is 6.74. The van der Waals surface area contributed by atoms with Crippen LogP contribution in [0.4, 0.5) is 0 Å². The Morgan fingerprint density at radius 2 is 1.50 bits per heavy atom. The summed E-state index contributed by atoms with van der Waals surface area (Å²) in [6, 6.07) is 0. The van der Waals surface area contributed by atoms with Crippen LogP contribution in [0.2, 0.25) is 0 Å². The van der Waals surface area contributed by atoms with E-state index in [9.17, 15) is 14.4 Å². The van der Waals surface area contributed by atoms with E-state index in [4.69, 9.17) is 15.3 Å². The van der Waals surface area contributed by atoms with Gasteiger partial charge in [-0.2, -0.15) is 0 Å². The normalized spacial score (nSPS) is 12.4. The molecule has 0 spiro atoms. The van der Waals surface area contributed by atoms with Gasteiger partial charge in [-0.25, -0.2) is 0 Å². The Labute approximate surface area is 91.5 Å². The van der Waals surface area contributed by atoms with Crippen molar-refractivity contribution in [3.8, 4) is 0 Å². The lowest BCUT2D eigenvalue weighted by molar-refractivity contribution is -0.143. The predicted octanol–water partition coefficient (Wildman–Crippen LogP) is -1.52. The summed E-state index contributed by atoms with van der Waals surface area (Å²) >= 11 is 0. The molecule has 0 fully saturated rings. The topological polar surface area (TPSA) is 127 Å². The van der Waals surface area contributed by atoms with E-state index >= 15 is 0 Å². The molecule has 0 heterocycles. The monoisotopic (exact) mass is 234 g/mol. The number of hydrogen-bond acceptors (Lipinski definition) is 5. The van der Waals surface area contributed by atoms with E-state index in [1.165, 1.54) is 6.92 Å². The fourth-order valence-corrected chi connectivity index (χ4v) is 1.04. The third-order valence-corrected chi connectivity index (χ3v) is 1.77. The van der Waals surface area contributed by atoms with Gasteiger partial charge in [0, 0.05) is 0 Å². The van der Waals surface area contributed by atoms with Crippen LogP contribution in [0.25, 0.3) is 0 Å². The molecule has 0 aromatic heterocycles. The lowest BCUT2D eigenvalue weighted by Crippen LogP contribution is -2.49. The summed E-state index contributed by atoms with van der Waals surface area (Å²) in [6.07, 6.45) is -0.650. The number of hydrogen-bond donors (Lipinski definition) is 4. The molecule has 92 valence electrons. The molecular weight excluding hydrogens is 220 g/mol. The van der Waals surface area contributed by atoms with Crippen molar-refractivity contribution >= 4 is 17.9 Å². The highest BCUT2D eigenvalue weighted by molar-refractivity contribution is 5.72. The van der Waals surface area contributed by atoms with Crippen molar-refractivity contribution in [3.63, 3.8) is 0 Å². The van der Waals surface area contributed by atoms with Crippen LogP contribution in [0.5, 0.6) is 0 Å². The number of nitrogens with zero attached hydrogens (tertiary/aromatic N) is 1. The molecule has 0 saturated carbocycles. The minimum Gasteiger partial charge on any atom is -0.480 e. The molecule has 0 radical (unpaired) electrons. The van der Waals surface area contributed by atoms with Crippen molar-refractivity contribution in [1.82, 2.24) is 10.2 Å². The second kappa shape index (κ2) is 6.75. The first-order valence-corrected chi connectivity index (χ1v) is 4.45. The van der Waals surface area contributed by atoms with Crippen molar-refractivity contribution in [3.05, 3.63) is 0 Å². The maximum atomic E-state index is 10.5. The van der Waals surface area contributed by atoms with Gasteiger partial charge < -0.3 is 15.3 Å². The van der Waals surface area contributed by atoms with Crippen LogP contribution in [0.1, 0.15) is 6.92 Å². The maximum absolute atomic E-state index is 10.5. The van der Waals surface area contributed by atoms with E-state index in [0.717, 1.165) is 4.90 Å². The molecule has 0 saturated heterocycles. The maximum Gasteiger partial charge on any atom is 0.317 e. The summed E-state index contributed by atoms with van der Waals surface area (Å²) in [5.74, 6) is -3.45. The molecule has 16 heavy (non-hydrogen) atoms. The first-order chi connectivity index (χ1) is 7.32. The van der Waals surface area contributed by atoms with Crippen LogP contribution < -0.4 is 5.32 Å². The van der Waals surface area contributed by atoms with E-state index in [1.807, 2.05) is 0 Å². The quantitative estimate of drug-likeness (QED) is 0.373. The van der Waals surface area contributed by atoms with E-state index in [2.05, 4.69) is 5.32 Å². The number of carbonyl (C=O) groups is 3. The van der Waals surface area contributed by atoms with Crippen LogP contribution in [0.15, 0.2) is 0 Å². The van der Waals surface area contributed by atoms with Gasteiger partial charge in [-0.3, -0.25) is 24.6 Å². The number of nitrogens with one attached hydrogen (secondary N) is 1. The smallest absolute Gasteiger partial charge is 0.317 e. The number of carboxylic acid groups (broad SMARTS) is 3. The van der Waals surface area contributed by atoms with Crippen LogP contribution in [0, 0.1) is 0 Å². The number of rotatable bonds is 8. The van der Waals surface area contributed by atoms with Crippen LogP contribution in [0.3, 0.4) is 0 Å². The molecule has 8 nitrogen and oxygen atoms in total. The Kier molecular flexibility index (Phi) is 6.04. The molecule has 0 aromatic carbocycles. The molecule has 8 heteroatoms. The summed E-state index contributed by atoms with van der Waals surface area (Å²) in [4.78, 5) is 32.3. The number of carboxylic acids is 3. The molecule has 0 aliphatic carbocycles. The molecule has 1 unspecified atom stereocenters. The fraction of sp³-hybridized carbons (Fsp3) is 0.625. The minimum absolute atomic E-state index is 0.364. The molecule has 0 aliphatic rings. The SMILES string of the molecule is CC(NCC(=O)O)N(CC(=O)O)CC(=O)O. The van der Waals surface area contributed by atoms with Gasteiger partial charge in [-0.15, -0.1) is 0 Å². The van der Waals surface area contributed by atoms with Crippen molar-refractivity contribution in [2.75, 3.05) is 19.6 Å². The molecule has 4 N–H and O–H groups in total. The fourth-order valence-electron chi connectivity index (χ4n) is 1.04. The summed E-state index contributed by atoms with van der Waals surface area (Å²) in [6.45, 7) is 0.186. The predicted molar refractivity (Wildman–Crippen MR) is 51.9 cm³/mol. The summed E-state index contributed by atoms with van der Waals surface area (Å²) in [5.41, 5.74) is 0. The van der Waals surface area contributed by atoms with Gasteiger partial charge >= 0.3 is 17.9 Å². The molecular formula is C8H14N2O6. The highest BCUT2D eigenvalue weighted by Crippen LogP contribution is 1.95. The highest BCUT2D eigenvalue weighted by Gasteiger charge is 2.19. The lowest BCUT2D eigenvalue weighted by Gasteiger charge is -2.25. The summed E-state index contributed by atoms with van der Waals surface area (Å²) < 4.78 is 0. The van der Waals surface area contributed by atoms with Crippen molar-refractivity contribution in [2.24, 2.45) is 0 Å². The van der Waals surface area contributed by atoms with Gasteiger partial charge in [0.1, 0.15) is 0 Å². The Morgan fingerprint density at radius 1 is 1.06 bits per heavy atom. The van der Waals surface area contributed by atoms with Gasteiger partial charge in [-0.1, -0.05) is 0 Å². The van der Waals surface area contributed by atoms with Crippen molar-refractivity contribution < 1.29 is 29.7 Å². The van der Waals surface area contributed by atoms with E-state index in [0.29, 0.717) is 0 Å². The molecule has 0 bridgehead atoms. The minimum atomic E-state index is -1.18. The average Bonchev–Trinajstić information content (AvgIpc) is 2.11. The average molecular weight is 234 g/mol. The van der Waals surface area contributed by atoms with Crippen LogP contribution in [-0.2, 0) is 14.4 Å². The molecule has 0 aromatic rings. The first kappa shape index (κ1) is 14.3. The van der Waals surface area contributed by atoms with Gasteiger partial charge in [0.15, 0.2) is 0 Å². The standard InChI is InChI=1S/C8H14N2O6/c1-5(9-2-6(11)12)10(3-7(13)14)4-8(15)16/h5,9H,2-4H2,1H3,(H,11,12)(H,13,14)(H,15,16). The molecule has 0 rings (SSSR count). The summed E-state index contributed by atoms with van der Waals surface area (Å²) in [5, 5.41) is 28.0. The van der Waals surface area contributed by atoms with E-state index in [-0.39, 0.29) is 6.54 Å². The largest absolute Gasteiger partial charge is 0.480 e. The lowest BCUT2D eigenvalue weighted by atomic mass is 10.4. The Bertz CT molecular complexity index is 264. The van der Waals surface area contributed by atoms with Gasteiger partial charge in [0.2, 0.25) is 0 Å².